The number of unbranched alkanes of at least 4 members (excludes halogenated alkanes) is 2. The van der Waals surface area contributed by atoms with Gasteiger partial charge in [0.25, 0.3) is 0 Å². The molecule has 0 radical (unpaired) electrons. The molecule has 0 bridgehead atoms. The van der Waals surface area contributed by atoms with Gasteiger partial charge in [-0.25, -0.2) is 0 Å². The molecule has 1 amide bonds. The van der Waals surface area contributed by atoms with Crippen LogP contribution >= 0.6 is 0 Å². The Morgan fingerprint density at radius 1 is 1.24 bits per heavy atom. The third kappa shape index (κ3) is 6.18. The molecule has 1 aromatic carbocycles. The zero-order chi connectivity index (χ0) is 20.7. The zero-order valence-electron chi connectivity index (χ0n) is 17.2. The average molecular weight is 402 g/mol. The van der Waals surface area contributed by atoms with Crippen molar-refractivity contribution >= 4 is 5.91 Å². The lowest BCUT2D eigenvalue weighted by Crippen LogP contribution is -2.54. The molecule has 8 heteroatoms. The Balaban J connectivity index is 1.36. The molecule has 2 heterocycles. The summed E-state index contributed by atoms with van der Waals surface area (Å²) in [6.07, 6.45) is 2.59. The molecular weight excluding hydrogens is 372 g/mol. The van der Waals surface area contributed by atoms with Crippen LogP contribution in [-0.4, -0.2) is 54.5 Å². The highest BCUT2D eigenvalue weighted by Crippen LogP contribution is 2.34. The van der Waals surface area contributed by atoms with Gasteiger partial charge in [0.1, 0.15) is 6.10 Å². The molecular formula is C21H30N4O4. The van der Waals surface area contributed by atoms with E-state index in [-0.39, 0.29) is 18.1 Å². The largest absolute Gasteiger partial charge is 0.377 e. The van der Waals surface area contributed by atoms with Crippen molar-refractivity contribution < 1.29 is 19.0 Å². The number of nitrogens with zero attached hydrogens (tertiary/aromatic N) is 4. The quantitative estimate of drug-likeness (QED) is 0.271. The van der Waals surface area contributed by atoms with E-state index in [1.54, 1.807) is 4.90 Å². The summed E-state index contributed by atoms with van der Waals surface area (Å²) >= 11 is 0. The molecule has 3 atom stereocenters. The lowest BCUT2D eigenvalue weighted by atomic mass is 9.99. The van der Waals surface area contributed by atoms with Gasteiger partial charge in [-0.3, -0.25) is 4.79 Å². The number of carbonyl (C=O) groups is 1. The first kappa shape index (κ1) is 21.6. The van der Waals surface area contributed by atoms with Crippen LogP contribution in [-0.2, 0) is 25.6 Å². The van der Waals surface area contributed by atoms with E-state index in [0.717, 1.165) is 19.3 Å². The van der Waals surface area contributed by atoms with Crippen LogP contribution in [0, 0.1) is 0 Å². The molecule has 0 aromatic heterocycles. The fraction of sp³-hybridized carbons (Fsp3) is 0.667. The second kappa shape index (κ2) is 10.1. The minimum absolute atomic E-state index is 0.0695. The Labute approximate surface area is 171 Å². The number of likely N-dealkylation sites (tertiary alicyclic amines) is 1. The predicted molar refractivity (Wildman–Crippen MR) is 108 cm³/mol. The van der Waals surface area contributed by atoms with Crippen LogP contribution in [0.5, 0.6) is 0 Å². The Morgan fingerprint density at radius 2 is 2.03 bits per heavy atom. The van der Waals surface area contributed by atoms with Crippen LogP contribution in [0.25, 0.3) is 10.4 Å². The molecule has 0 spiro atoms. The molecule has 0 saturated carbocycles. The second-order valence-electron chi connectivity index (χ2n) is 8.06. The van der Waals surface area contributed by atoms with Crippen molar-refractivity contribution in [2.24, 2.45) is 5.11 Å². The van der Waals surface area contributed by atoms with E-state index in [2.05, 4.69) is 10.0 Å². The summed E-state index contributed by atoms with van der Waals surface area (Å²) in [5, 5.41) is 3.84. The van der Waals surface area contributed by atoms with Crippen molar-refractivity contribution in [3.63, 3.8) is 0 Å². The van der Waals surface area contributed by atoms with E-state index in [0.29, 0.717) is 32.7 Å². The number of hydrogen-bond donors (Lipinski definition) is 0. The molecule has 3 rings (SSSR count). The fourth-order valence-electron chi connectivity index (χ4n) is 3.90. The summed E-state index contributed by atoms with van der Waals surface area (Å²) in [5.41, 5.74) is 10.0. The maximum absolute atomic E-state index is 12.6. The van der Waals surface area contributed by atoms with Gasteiger partial charge in [-0.05, 0) is 37.8 Å². The lowest BCUT2D eigenvalue weighted by Gasteiger charge is -2.36. The minimum Gasteiger partial charge on any atom is -0.377 e. The third-order valence-electron chi connectivity index (χ3n) is 5.25. The van der Waals surface area contributed by atoms with Gasteiger partial charge in [-0.2, -0.15) is 0 Å². The van der Waals surface area contributed by atoms with Crippen molar-refractivity contribution in [3.05, 3.63) is 46.3 Å². The van der Waals surface area contributed by atoms with Crippen molar-refractivity contribution in [1.29, 1.82) is 0 Å². The number of hydrogen-bond acceptors (Lipinski definition) is 5. The van der Waals surface area contributed by atoms with Crippen LogP contribution in [0.3, 0.4) is 0 Å². The number of amides is 1. The first-order chi connectivity index (χ1) is 14.0. The van der Waals surface area contributed by atoms with E-state index in [1.165, 1.54) is 5.56 Å². The monoisotopic (exact) mass is 402 g/mol. The molecule has 2 fully saturated rings. The summed E-state index contributed by atoms with van der Waals surface area (Å²) < 4.78 is 17.5. The summed E-state index contributed by atoms with van der Waals surface area (Å²) in [4.78, 5) is 17.3. The van der Waals surface area contributed by atoms with Crippen LogP contribution in [0.4, 0.5) is 0 Å². The lowest BCUT2D eigenvalue weighted by molar-refractivity contribution is -0.147. The predicted octanol–water partition coefficient (Wildman–Crippen LogP) is 3.80. The van der Waals surface area contributed by atoms with Crippen molar-refractivity contribution in [2.75, 3.05) is 19.7 Å². The van der Waals surface area contributed by atoms with Crippen LogP contribution in [0.2, 0.25) is 0 Å². The zero-order valence-corrected chi connectivity index (χ0v) is 17.2. The minimum atomic E-state index is -0.725. The molecule has 29 heavy (non-hydrogen) atoms. The van der Waals surface area contributed by atoms with Gasteiger partial charge < -0.3 is 19.1 Å². The smallest absolute Gasteiger partial charge is 0.222 e. The second-order valence-corrected chi connectivity index (χ2v) is 8.06. The number of benzene rings is 1. The number of piperidine rings is 1. The third-order valence-corrected chi connectivity index (χ3v) is 5.25. The molecule has 0 unspecified atom stereocenters. The summed E-state index contributed by atoms with van der Waals surface area (Å²) in [7, 11) is 0. The molecule has 0 aliphatic carbocycles. The van der Waals surface area contributed by atoms with Crippen LogP contribution in [0.1, 0.15) is 45.1 Å². The molecule has 1 aromatic rings. The SMILES string of the molecule is CC1(C)O[C@@H]2[C@@H](N=[N+]=[N-])CN(C(=O)CCCCCOCc3ccccc3)C[C@@H]2O1. The Morgan fingerprint density at radius 3 is 2.79 bits per heavy atom. The summed E-state index contributed by atoms with van der Waals surface area (Å²) in [6.45, 7) is 5.84. The Hall–Kier alpha value is -2.12. The average Bonchev–Trinajstić information content (AvgIpc) is 3.02. The first-order valence-electron chi connectivity index (χ1n) is 10.3. The Kier molecular flexibility index (Phi) is 7.50. The standard InChI is InChI=1S/C21H30N4O4/c1-21(2)28-18-14-25(13-17(23-24-22)20(18)29-21)19(26)11-7-4-8-12-27-15-16-9-5-3-6-10-16/h3,5-6,9-10,17-18,20H,4,7-8,11-15H2,1-2H3/t17-,18-,20+/m0/s1. The number of azide groups is 1. The van der Waals surface area contributed by atoms with E-state index in [1.807, 2.05) is 44.2 Å². The summed E-state index contributed by atoms with van der Waals surface area (Å²) in [6, 6.07) is 9.67. The maximum atomic E-state index is 12.6. The normalized spacial score (nSPS) is 25.3. The topological polar surface area (TPSA) is 96.8 Å². The molecule has 158 valence electrons. The van der Waals surface area contributed by atoms with E-state index in [9.17, 15) is 4.79 Å². The Bertz CT molecular complexity index is 721. The van der Waals surface area contributed by atoms with E-state index >= 15 is 0 Å². The molecule has 2 saturated heterocycles. The van der Waals surface area contributed by atoms with Gasteiger partial charge in [0.15, 0.2) is 5.79 Å². The molecule has 2 aliphatic rings. The molecule has 0 N–H and O–H groups in total. The van der Waals surface area contributed by atoms with Gasteiger partial charge in [0.05, 0.1) is 18.8 Å². The fourth-order valence-corrected chi connectivity index (χ4v) is 3.90. The first-order valence-corrected chi connectivity index (χ1v) is 10.3. The summed E-state index contributed by atoms with van der Waals surface area (Å²) in [5.74, 6) is -0.655. The maximum Gasteiger partial charge on any atom is 0.222 e. The van der Waals surface area contributed by atoms with Crippen molar-refractivity contribution in [1.82, 2.24) is 4.90 Å². The number of carbonyl (C=O) groups excluding carboxylic acids is 1. The van der Waals surface area contributed by atoms with Crippen molar-refractivity contribution in [2.45, 2.75) is 70.2 Å². The van der Waals surface area contributed by atoms with Gasteiger partial charge >= 0.3 is 0 Å². The van der Waals surface area contributed by atoms with Crippen molar-refractivity contribution in [3.8, 4) is 0 Å². The highest BCUT2D eigenvalue weighted by Gasteiger charge is 2.49. The van der Waals surface area contributed by atoms with Gasteiger partial charge in [-0.1, -0.05) is 41.9 Å². The highest BCUT2D eigenvalue weighted by atomic mass is 16.8. The van der Waals surface area contributed by atoms with Gasteiger partial charge in [0.2, 0.25) is 5.91 Å². The number of rotatable bonds is 9. The van der Waals surface area contributed by atoms with Crippen LogP contribution < -0.4 is 0 Å². The van der Waals surface area contributed by atoms with E-state index in [4.69, 9.17) is 19.7 Å². The number of fused-ring (bicyclic) bond motifs is 1. The van der Waals surface area contributed by atoms with Gasteiger partial charge in [-0.15, -0.1) is 0 Å². The molecule has 8 nitrogen and oxygen atoms in total. The highest BCUT2D eigenvalue weighted by molar-refractivity contribution is 5.76. The number of ether oxygens (including phenoxy) is 3. The molecule has 2 aliphatic heterocycles. The van der Waals surface area contributed by atoms with Gasteiger partial charge in [0, 0.05) is 31.0 Å². The van der Waals surface area contributed by atoms with Crippen LogP contribution in [0.15, 0.2) is 35.4 Å². The van der Waals surface area contributed by atoms with E-state index < -0.39 is 11.8 Å².